The third-order valence-corrected chi connectivity index (χ3v) is 7.47. The van der Waals surface area contributed by atoms with Gasteiger partial charge in [0, 0.05) is 12.1 Å². The summed E-state index contributed by atoms with van der Waals surface area (Å²) >= 11 is 0. The molecule has 19 heavy (non-hydrogen) atoms. The molecule has 0 amide bonds. The molecule has 0 aromatic rings. The molecule has 0 aromatic carbocycles. The molecule has 1 N–H and O–H groups in total. The lowest BCUT2D eigenvalue weighted by Crippen LogP contribution is -2.47. The van der Waals surface area contributed by atoms with Gasteiger partial charge in [0.05, 0.1) is 11.5 Å². The Bertz CT molecular complexity index is 402. The Morgan fingerprint density at radius 2 is 1.53 bits per heavy atom. The summed E-state index contributed by atoms with van der Waals surface area (Å²) in [6, 6.07) is 0.797. The van der Waals surface area contributed by atoms with E-state index >= 15 is 0 Å². The maximum atomic E-state index is 11.7. The normalized spacial score (nSPS) is 34.6. The molecule has 3 rings (SSSR count). The van der Waals surface area contributed by atoms with E-state index in [0.717, 1.165) is 12.8 Å². The van der Waals surface area contributed by atoms with E-state index in [-0.39, 0.29) is 6.04 Å². The van der Waals surface area contributed by atoms with Crippen molar-refractivity contribution in [1.82, 2.24) is 5.32 Å². The molecule has 1 atom stereocenters. The predicted octanol–water partition coefficient (Wildman–Crippen LogP) is 2.66. The second kappa shape index (κ2) is 5.36. The fourth-order valence-electron chi connectivity index (χ4n) is 4.51. The van der Waals surface area contributed by atoms with Gasteiger partial charge in [-0.15, -0.1) is 0 Å². The second-order valence-electron chi connectivity index (χ2n) is 7.10. The van der Waals surface area contributed by atoms with Crippen LogP contribution in [0.3, 0.4) is 0 Å². The zero-order valence-electron chi connectivity index (χ0n) is 11.9. The predicted molar refractivity (Wildman–Crippen MR) is 78.0 cm³/mol. The first kappa shape index (κ1) is 13.9. The number of hydrogen-bond acceptors (Lipinski definition) is 3. The first-order valence-corrected chi connectivity index (χ1v) is 9.86. The van der Waals surface area contributed by atoms with Crippen molar-refractivity contribution in [3.05, 3.63) is 0 Å². The summed E-state index contributed by atoms with van der Waals surface area (Å²) in [5, 5.41) is 3.64. The average Bonchev–Trinajstić information content (AvgIpc) is 2.80. The fraction of sp³-hybridized carbons (Fsp3) is 1.00. The Hall–Kier alpha value is -0.0900. The molecule has 2 saturated carbocycles. The van der Waals surface area contributed by atoms with Crippen molar-refractivity contribution in [1.29, 1.82) is 0 Å². The molecule has 1 unspecified atom stereocenters. The number of nitrogens with one attached hydrogen (secondary N) is 1. The van der Waals surface area contributed by atoms with Gasteiger partial charge in [-0.2, -0.15) is 0 Å². The lowest BCUT2D eigenvalue weighted by molar-refractivity contribution is 0.162. The molecular formula is C15H27NO2S. The molecule has 1 spiro atoms. The van der Waals surface area contributed by atoms with E-state index in [9.17, 15) is 8.42 Å². The largest absolute Gasteiger partial charge is 0.310 e. The average molecular weight is 285 g/mol. The summed E-state index contributed by atoms with van der Waals surface area (Å²) < 4.78 is 23.3. The summed E-state index contributed by atoms with van der Waals surface area (Å²) in [4.78, 5) is 0. The van der Waals surface area contributed by atoms with Gasteiger partial charge >= 0.3 is 0 Å². The molecule has 1 heterocycles. The Balaban J connectivity index is 1.49. The van der Waals surface area contributed by atoms with Crippen molar-refractivity contribution in [2.75, 3.05) is 11.5 Å². The van der Waals surface area contributed by atoms with Gasteiger partial charge in [-0.05, 0) is 56.8 Å². The third-order valence-electron chi connectivity index (χ3n) is 5.64. The standard InChI is InChI=1S/C15H27NO2S/c17-19(18)11-3-4-14(12-19)16-13-5-9-15(10-6-13)7-1-2-8-15/h13-14,16H,1-12H2. The minimum absolute atomic E-state index is 0.223. The molecule has 3 fully saturated rings. The summed E-state index contributed by atoms with van der Waals surface area (Å²) in [6.45, 7) is 0. The van der Waals surface area contributed by atoms with Gasteiger partial charge in [-0.25, -0.2) is 8.42 Å². The highest BCUT2D eigenvalue weighted by Crippen LogP contribution is 2.48. The minimum Gasteiger partial charge on any atom is -0.310 e. The first-order chi connectivity index (χ1) is 9.07. The van der Waals surface area contributed by atoms with Crippen LogP contribution in [0.5, 0.6) is 0 Å². The Kier molecular flexibility index (Phi) is 3.91. The number of rotatable bonds is 2. The highest BCUT2D eigenvalue weighted by atomic mass is 32.2. The fourth-order valence-corrected chi connectivity index (χ4v) is 6.16. The maximum Gasteiger partial charge on any atom is 0.151 e. The summed E-state index contributed by atoms with van der Waals surface area (Å²) in [6.07, 6.45) is 12.9. The maximum absolute atomic E-state index is 11.7. The number of sulfone groups is 1. The summed E-state index contributed by atoms with van der Waals surface area (Å²) in [5.41, 5.74) is 0.677. The topological polar surface area (TPSA) is 46.2 Å². The lowest BCUT2D eigenvalue weighted by Gasteiger charge is -2.39. The van der Waals surface area contributed by atoms with Gasteiger partial charge in [0.1, 0.15) is 0 Å². The van der Waals surface area contributed by atoms with Crippen LogP contribution in [-0.2, 0) is 9.84 Å². The zero-order chi connectivity index (χ0) is 13.3. The smallest absolute Gasteiger partial charge is 0.151 e. The van der Waals surface area contributed by atoms with Crippen LogP contribution in [0.2, 0.25) is 0 Å². The minimum atomic E-state index is -2.77. The van der Waals surface area contributed by atoms with Crippen LogP contribution in [0.25, 0.3) is 0 Å². The molecule has 1 aliphatic heterocycles. The van der Waals surface area contributed by atoms with Crippen LogP contribution in [-0.4, -0.2) is 32.0 Å². The van der Waals surface area contributed by atoms with Crippen molar-refractivity contribution in [2.24, 2.45) is 5.41 Å². The van der Waals surface area contributed by atoms with Gasteiger partial charge in [-0.1, -0.05) is 12.8 Å². The van der Waals surface area contributed by atoms with Crippen LogP contribution in [0.15, 0.2) is 0 Å². The summed E-state index contributed by atoms with van der Waals surface area (Å²) in [7, 11) is -2.77. The zero-order valence-corrected chi connectivity index (χ0v) is 12.7. The first-order valence-electron chi connectivity index (χ1n) is 8.04. The van der Waals surface area contributed by atoms with E-state index in [1.807, 2.05) is 0 Å². The lowest BCUT2D eigenvalue weighted by atomic mass is 9.71. The Morgan fingerprint density at radius 3 is 2.16 bits per heavy atom. The van der Waals surface area contributed by atoms with Crippen molar-refractivity contribution >= 4 is 9.84 Å². The monoisotopic (exact) mass is 285 g/mol. The molecule has 110 valence electrons. The molecule has 3 aliphatic rings. The van der Waals surface area contributed by atoms with Crippen LogP contribution in [0, 0.1) is 5.41 Å². The van der Waals surface area contributed by atoms with E-state index < -0.39 is 9.84 Å². The van der Waals surface area contributed by atoms with Crippen molar-refractivity contribution < 1.29 is 8.42 Å². The van der Waals surface area contributed by atoms with E-state index in [1.54, 1.807) is 0 Å². The Morgan fingerprint density at radius 1 is 0.842 bits per heavy atom. The molecule has 4 heteroatoms. The van der Waals surface area contributed by atoms with Crippen LogP contribution in [0.1, 0.15) is 64.2 Å². The highest BCUT2D eigenvalue weighted by molar-refractivity contribution is 7.91. The summed E-state index contributed by atoms with van der Waals surface area (Å²) in [5.74, 6) is 0.771. The molecule has 0 radical (unpaired) electrons. The van der Waals surface area contributed by atoms with Crippen molar-refractivity contribution in [2.45, 2.75) is 76.3 Å². The van der Waals surface area contributed by atoms with Crippen molar-refractivity contribution in [3.63, 3.8) is 0 Å². The Labute approximate surface area is 117 Å². The molecule has 0 bridgehead atoms. The van der Waals surface area contributed by atoms with Crippen LogP contribution < -0.4 is 5.32 Å². The molecule has 2 aliphatic carbocycles. The van der Waals surface area contributed by atoms with E-state index in [1.165, 1.54) is 51.4 Å². The highest BCUT2D eigenvalue weighted by Gasteiger charge is 2.38. The van der Waals surface area contributed by atoms with Crippen LogP contribution >= 0.6 is 0 Å². The van der Waals surface area contributed by atoms with Gasteiger partial charge in [-0.3, -0.25) is 0 Å². The SMILES string of the molecule is O=S1(=O)CCCC(NC2CCC3(CCCC3)CC2)C1. The van der Waals surface area contributed by atoms with Gasteiger partial charge in [0.2, 0.25) is 0 Å². The van der Waals surface area contributed by atoms with Gasteiger partial charge < -0.3 is 5.32 Å². The molecule has 1 saturated heterocycles. The third kappa shape index (κ3) is 3.33. The van der Waals surface area contributed by atoms with Crippen molar-refractivity contribution in [3.8, 4) is 0 Å². The second-order valence-corrected chi connectivity index (χ2v) is 9.33. The quantitative estimate of drug-likeness (QED) is 0.848. The van der Waals surface area contributed by atoms with Crippen LogP contribution in [0.4, 0.5) is 0 Å². The number of hydrogen-bond donors (Lipinski definition) is 1. The van der Waals surface area contributed by atoms with E-state index in [2.05, 4.69) is 5.32 Å². The van der Waals surface area contributed by atoms with E-state index in [4.69, 9.17) is 0 Å². The molecule has 0 aromatic heterocycles. The van der Waals surface area contributed by atoms with E-state index in [0.29, 0.717) is 23.0 Å². The van der Waals surface area contributed by atoms with Gasteiger partial charge in [0.15, 0.2) is 9.84 Å². The van der Waals surface area contributed by atoms with Gasteiger partial charge in [0.25, 0.3) is 0 Å². The molecule has 3 nitrogen and oxygen atoms in total. The molecular weight excluding hydrogens is 258 g/mol.